The van der Waals surface area contributed by atoms with Crippen molar-refractivity contribution >= 4 is 5.97 Å². The largest absolute Gasteiger partial charge is 0.481 e. The summed E-state index contributed by atoms with van der Waals surface area (Å²) in [6, 6.07) is 0. The van der Waals surface area contributed by atoms with Gasteiger partial charge in [-0.25, -0.2) is 4.39 Å². The lowest BCUT2D eigenvalue weighted by molar-refractivity contribution is -0.148. The van der Waals surface area contributed by atoms with Gasteiger partial charge in [0.2, 0.25) is 0 Å². The number of hydrogen-bond donors (Lipinski definition) is 1. The molecule has 3 atom stereocenters. The first-order valence-electron chi connectivity index (χ1n) is 5.85. The molecule has 0 aromatic heterocycles. The number of ether oxygens (including phenoxy) is 1. The average molecular weight is 272 g/mol. The van der Waals surface area contributed by atoms with Crippen molar-refractivity contribution in [2.75, 3.05) is 6.61 Å². The number of hydrogen-bond acceptors (Lipinski definition) is 2. The summed E-state index contributed by atoms with van der Waals surface area (Å²) in [5.41, 5.74) is 0. The molecule has 106 valence electrons. The highest BCUT2D eigenvalue weighted by atomic mass is 19.4. The molecule has 0 spiro atoms. The summed E-state index contributed by atoms with van der Waals surface area (Å²) in [5.74, 6) is -1.75. The zero-order valence-corrected chi connectivity index (χ0v) is 9.75. The van der Waals surface area contributed by atoms with Gasteiger partial charge in [0.05, 0.1) is 12.0 Å². The van der Waals surface area contributed by atoms with E-state index in [-0.39, 0.29) is 25.9 Å². The van der Waals surface area contributed by atoms with Crippen LogP contribution in [0.2, 0.25) is 0 Å². The highest BCUT2D eigenvalue weighted by molar-refractivity contribution is 5.70. The predicted molar refractivity (Wildman–Crippen MR) is 54.9 cm³/mol. The second kappa shape index (κ2) is 6.36. The molecule has 0 amide bonds. The first-order valence-corrected chi connectivity index (χ1v) is 5.85. The zero-order chi connectivity index (χ0) is 13.8. The highest BCUT2D eigenvalue weighted by Gasteiger charge is 2.34. The van der Waals surface area contributed by atoms with Gasteiger partial charge in [-0.1, -0.05) is 0 Å². The fourth-order valence-electron chi connectivity index (χ4n) is 2.01. The average Bonchev–Trinajstić information content (AvgIpc) is 2.24. The van der Waals surface area contributed by atoms with E-state index in [1.807, 2.05) is 0 Å². The molecule has 0 aliphatic heterocycles. The molecule has 1 rings (SSSR count). The van der Waals surface area contributed by atoms with Gasteiger partial charge in [-0.15, -0.1) is 0 Å². The van der Waals surface area contributed by atoms with Gasteiger partial charge in [0, 0.05) is 13.0 Å². The SMILES string of the molecule is O=C(O)C1CCC(OCCCC(F)(F)F)C(F)C1. The molecular weight excluding hydrogens is 256 g/mol. The molecule has 3 unspecified atom stereocenters. The molecule has 1 aliphatic carbocycles. The lowest BCUT2D eigenvalue weighted by Gasteiger charge is -2.29. The Kier molecular flexibility index (Phi) is 5.37. The molecule has 0 radical (unpaired) electrons. The minimum Gasteiger partial charge on any atom is -0.481 e. The van der Waals surface area contributed by atoms with E-state index in [0.717, 1.165) is 0 Å². The van der Waals surface area contributed by atoms with Crippen LogP contribution in [-0.4, -0.2) is 36.1 Å². The molecule has 1 aliphatic rings. The Morgan fingerprint density at radius 3 is 2.50 bits per heavy atom. The van der Waals surface area contributed by atoms with Crippen molar-refractivity contribution in [1.29, 1.82) is 0 Å². The second-order valence-corrected chi connectivity index (χ2v) is 4.49. The van der Waals surface area contributed by atoms with Crippen molar-refractivity contribution in [3.05, 3.63) is 0 Å². The molecule has 0 aromatic carbocycles. The van der Waals surface area contributed by atoms with Crippen molar-refractivity contribution in [3.63, 3.8) is 0 Å². The van der Waals surface area contributed by atoms with Crippen LogP contribution in [0.5, 0.6) is 0 Å². The summed E-state index contributed by atoms with van der Waals surface area (Å²) in [7, 11) is 0. The Morgan fingerprint density at radius 1 is 1.33 bits per heavy atom. The van der Waals surface area contributed by atoms with Crippen LogP contribution in [-0.2, 0) is 9.53 Å². The van der Waals surface area contributed by atoms with Crippen molar-refractivity contribution in [1.82, 2.24) is 0 Å². The Morgan fingerprint density at radius 2 is 2.00 bits per heavy atom. The Hall–Kier alpha value is -0.850. The number of alkyl halides is 4. The molecule has 1 fully saturated rings. The van der Waals surface area contributed by atoms with Gasteiger partial charge < -0.3 is 9.84 Å². The van der Waals surface area contributed by atoms with Gasteiger partial charge in [0.25, 0.3) is 0 Å². The van der Waals surface area contributed by atoms with E-state index < -0.39 is 36.8 Å². The van der Waals surface area contributed by atoms with E-state index >= 15 is 0 Å². The number of carboxylic acids is 1. The molecule has 1 saturated carbocycles. The Bertz CT molecular complexity index is 280. The van der Waals surface area contributed by atoms with E-state index in [0.29, 0.717) is 6.42 Å². The lowest BCUT2D eigenvalue weighted by atomic mass is 9.86. The number of halogens is 4. The van der Waals surface area contributed by atoms with Crippen LogP contribution in [0, 0.1) is 5.92 Å². The van der Waals surface area contributed by atoms with Crippen molar-refractivity contribution in [2.24, 2.45) is 5.92 Å². The maximum absolute atomic E-state index is 13.5. The number of rotatable bonds is 5. The van der Waals surface area contributed by atoms with E-state index in [1.54, 1.807) is 0 Å². The summed E-state index contributed by atoms with van der Waals surface area (Å²) in [6.07, 6.45) is -7.13. The van der Waals surface area contributed by atoms with Gasteiger partial charge in [-0.05, 0) is 25.7 Å². The Labute approximate surface area is 102 Å². The van der Waals surface area contributed by atoms with Crippen LogP contribution in [0.1, 0.15) is 32.1 Å². The normalized spacial score (nSPS) is 29.2. The fourth-order valence-corrected chi connectivity index (χ4v) is 2.01. The van der Waals surface area contributed by atoms with E-state index in [4.69, 9.17) is 9.84 Å². The number of carboxylic acid groups (broad SMARTS) is 1. The third-order valence-corrected chi connectivity index (χ3v) is 3.00. The van der Waals surface area contributed by atoms with Crippen molar-refractivity contribution in [2.45, 2.75) is 50.6 Å². The number of carbonyl (C=O) groups is 1. The van der Waals surface area contributed by atoms with Crippen LogP contribution in [0.3, 0.4) is 0 Å². The molecule has 0 aromatic rings. The van der Waals surface area contributed by atoms with E-state index in [9.17, 15) is 22.4 Å². The van der Waals surface area contributed by atoms with E-state index in [2.05, 4.69) is 0 Å². The molecule has 3 nitrogen and oxygen atoms in total. The van der Waals surface area contributed by atoms with Crippen molar-refractivity contribution < 1.29 is 32.2 Å². The van der Waals surface area contributed by atoms with Gasteiger partial charge >= 0.3 is 12.1 Å². The van der Waals surface area contributed by atoms with Gasteiger partial charge in [0.15, 0.2) is 0 Å². The minimum absolute atomic E-state index is 0.126. The third-order valence-electron chi connectivity index (χ3n) is 3.00. The predicted octanol–water partition coefficient (Wildman–Crippen LogP) is 2.94. The van der Waals surface area contributed by atoms with Crippen LogP contribution < -0.4 is 0 Å². The molecule has 0 heterocycles. The topological polar surface area (TPSA) is 46.5 Å². The molecule has 0 saturated heterocycles. The van der Waals surface area contributed by atoms with Gasteiger partial charge in [-0.3, -0.25) is 4.79 Å². The van der Waals surface area contributed by atoms with Gasteiger partial charge in [0.1, 0.15) is 6.17 Å². The van der Waals surface area contributed by atoms with Gasteiger partial charge in [-0.2, -0.15) is 13.2 Å². The monoisotopic (exact) mass is 272 g/mol. The molecule has 0 bridgehead atoms. The van der Waals surface area contributed by atoms with Crippen LogP contribution in [0.4, 0.5) is 17.6 Å². The lowest BCUT2D eigenvalue weighted by Crippen LogP contribution is -2.36. The molecular formula is C11H16F4O3. The summed E-state index contributed by atoms with van der Waals surface area (Å²) < 4.78 is 54.1. The van der Waals surface area contributed by atoms with Crippen LogP contribution >= 0.6 is 0 Å². The second-order valence-electron chi connectivity index (χ2n) is 4.49. The minimum atomic E-state index is -4.22. The maximum Gasteiger partial charge on any atom is 0.389 e. The highest BCUT2D eigenvalue weighted by Crippen LogP contribution is 2.29. The van der Waals surface area contributed by atoms with E-state index in [1.165, 1.54) is 0 Å². The molecule has 7 heteroatoms. The van der Waals surface area contributed by atoms with Crippen LogP contribution in [0.25, 0.3) is 0 Å². The van der Waals surface area contributed by atoms with Crippen molar-refractivity contribution in [3.8, 4) is 0 Å². The first kappa shape index (κ1) is 15.2. The Balaban J connectivity index is 2.22. The third kappa shape index (κ3) is 5.20. The quantitative estimate of drug-likeness (QED) is 0.618. The molecule has 18 heavy (non-hydrogen) atoms. The smallest absolute Gasteiger partial charge is 0.389 e. The molecule has 1 N–H and O–H groups in total. The maximum atomic E-state index is 13.5. The fraction of sp³-hybridized carbons (Fsp3) is 0.909. The zero-order valence-electron chi connectivity index (χ0n) is 9.75. The summed E-state index contributed by atoms with van der Waals surface area (Å²) >= 11 is 0. The standard InChI is InChI=1S/C11H16F4O3/c12-8-6-7(10(16)17)2-3-9(8)18-5-1-4-11(13,14)15/h7-9H,1-6H2,(H,16,17). The first-order chi connectivity index (χ1) is 8.29. The number of aliphatic carboxylic acids is 1. The summed E-state index contributed by atoms with van der Waals surface area (Å²) in [5, 5.41) is 8.71. The summed E-state index contributed by atoms with van der Waals surface area (Å²) in [6.45, 7) is -0.150. The summed E-state index contributed by atoms with van der Waals surface area (Å²) in [4.78, 5) is 10.6. The van der Waals surface area contributed by atoms with Crippen LogP contribution in [0.15, 0.2) is 0 Å².